The minimum atomic E-state index is -1.05. The molecule has 4 rings (SSSR count). The van der Waals surface area contributed by atoms with Crippen LogP contribution in [0.4, 0.5) is 5.69 Å². The van der Waals surface area contributed by atoms with Crippen molar-refractivity contribution in [1.29, 1.82) is 0 Å². The molecule has 0 aliphatic carbocycles. The second-order valence-electron chi connectivity index (χ2n) is 6.77. The van der Waals surface area contributed by atoms with Gasteiger partial charge in [-0.15, -0.1) is 10.2 Å². The van der Waals surface area contributed by atoms with Crippen LogP contribution in [0.15, 0.2) is 54.6 Å². The maximum absolute atomic E-state index is 12.9. The van der Waals surface area contributed by atoms with Gasteiger partial charge in [0.15, 0.2) is 11.4 Å². The van der Waals surface area contributed by atoms with Gasteiger partial charge in [-0.3, -0.25) is 4.79 Å². The van der Waals surface area contributed by atoms with Crippen LogP contribution in [0.1, 0.15) is 19.7 Å². The topological polar surface area (TPSA) is 81.4 Å². The van der Waals surface area contributed by atoms with Crippen molar-refractivity contribution in [2.75, 3.05) is 5.32 Å². The third kappa shape index (κ3) is 3.46. The number of hydrogen-bond donors (Lipinski definition) is 1. The van der Waals surface area contributed by atoms with Gasteiger partial charge in [-0.1, -0.05) is 41.7 Å². The molecule has 1 amide bonds. The summed E-state index contributed by atoms with van der Waals surface area (Å²) in [5, 5.41) is 16.4. The van der Waals surface area contributed by atoms with Crippen LogP contribution in [0, 0.1) is 6.92 Å². The highest BCUT2D eigenvalue weighted by Gasteiger charge is 2.30. The third-order valence-electron chi connectivity index (χ3n) is 4.22. The number of benzene rings is 2. The second kappa shape index (κ2) is 7.05. The summed E-state index contributed by atoms with van der Waals surface area (Å²) >= 11 is 1.42. The Kier molecular flexibility index (Phi) is 4.56. The van der Waals surface area contributed by atoms with Crippen LogP contribution in [0.3, 0.4) is 0 Å². The van der Waals surface area contributed by atoms with Crippen molar-refractivity contribution in [3.8, 4) is 16.3 Å². The lowest BCUT2D eigenvalue weighted by Crippen LogP contribution is -2.42. The zero-order chi connectivity index (χ0) is 19.7. The Hall–Kier alpha value is -3.26. The fourth-order valence-electron chi connectivity index (χ4n) is 2.70. The van der Waals surface area contributed by atoms with E-state index in [2.05, 4.69) is 20.6 Å². The molecule has 2 aromatic heterocycles. The molecule has 2 heterocycles. The number of aryl methyl sites for hydroxylation is 1. The van der Waals surface area contributed by atoms with Gasteiger partial charge in [0.25, 0.3) is 5.91 Å². The number of nitrogens with zero attached hydrogens (tertiary/aromatic N) is 4. The Labute approximate surface area is 166 Å². The average Bonchev–Trinajstić information content (AvgIpc) is 3.25. The number of ether oxygens (including phenoxy) is 1. The summed E-state index contributed by atoms with van der Waals surface area (Å²) in [6, 6.07) is 16.8. The molecule has 0 atom stereocenters. The maximum atomic E-state index is 12.9. The molecule has 28 heavy (non-hydrogen) atoms. The number of anilines is 1. The van der Waals surface area contributed by atoms with Crippen LogP contribution in [0.2, 0.25) is 0 Å². The highest BCUT2D eigenvalue weighted by molar-refractivity contribution is 7.19. The molecule has 8 heteroatoms. The van der Waals surface area contributed by atoms with Crippen LogP contribution in [0.5, 0.6) is 5.75 Å². The fraction of sp³-hybridized carbons (Fsp3) is 0.200. The third-order valence-corrected chi connectivity index (χ3v) is 5.15. The zero-order valence-electron chi connectivity index (χ0n) is 15.7. The number of carbonyl (C=O) groups is 1. The van der Waals surface area contributed by atoms with Gasteiger partial charge in [0.05, 0.1) is 5.69 Å². The predicted octanol–water partition coefficient (Wildman–Crippen LogP) is 3.96. The van der Waals surface area contributed by atoms with E-state index in [0.29, 0.717) is 16.4 Å². The minimum Gasteiger partial charge on any atom is -0.478 e. The van der Waals surface area contributed by atoms with Gasteiger partial charge in [0.2, 0.25) is 4.96 Å². The number of rotatable bonds is 5. The van der Waals surface area contributed by atoms with Gasteiger partial charge < -0.3 is 10.1 Å². The zero-order valence-corrected chi connectivity index (χ0v) is 16.5. The Bertz CT molecular complexity index is 1130. The summed E-state index contributed by atoms with van der Waals surface area (Å²) in [6.45, 7) is 5.33. The van der Waals surface area contributed by atoms with Crippen LogP contribution in [-0.4, -0.2) is 31.3 Å². The van der Waals surface area contributed by atoms with Gasteiger partial charge in [-0.25, -0.2) is 0 Å². The Morgan fingerprint density at radius 1 is 1.07 bits per heavy atom. The molecule has 0 saturated carbocycles. The molecule has 0 aliphatic heterocycles. The first-order chi connectivity index (χ1) is 13.4. The molecule has 0 aliphatic rings. The largest absolute Gasteiger partial charge is 0.478 e. The summed E-state index contributed by atoms with van der Waals surface area (Å²) in [4.78, 5) is 13.6. The second-order valence-corrected chi connectivity index (χ2v) is 7.73. The van der Waals surface area contributed by atoms with Crippen molar-refractivity contribution in [3.05, 3.63) is 60.4 Å². The summed E-state index contributed by atoms with van der Waals surface area (Å²) in [5.41, 5.74) is 0.438. The number of nitrogens with one attached hydrogen (secondary N) is 1. The maximum Gasteiger partial charge on any atom is 0.267 e. The number of hydrogen-bond acceptors (Lipinski definition) is 6. The van der Waals surface area contributed by atoms with E-state index in [1.54, 1.807) is 18.4 Å². The van der Waals surface area contributed by atoms with Crippen LogP contribution in [0.25, 0.3) is 15.5 Å². The molecule has 0 radical (unpaired) electrons. The molecule has 0 unspecified atom stereocenters. The Morgan fingerprint density at radius 3 is 2.54 bits per heavy atom. The first-order valence-electron chi connectivity index (χ1n) is 8.78. The smallest absolute Gasteiger partial charge is 0.267 e. The monoisotopic (exact) mass is 393 g/mol. The van der Waals surface area contributed by atoms with Gasteiger partial charge in [0.1, 0.15) is 10.8 Å². The molecule has 0 spiro atoms. The predicted molar refractivity (Wildman–Crippen MR) is 109 cm³/mol. The number of amides is 1. The van der Waals surface area contributed by atoms with E-state index in [1.165, 1.54) is 11.3 Å². The summed E-state index contributed by atoms with van der Waals surface area (Å²) in [6.07, 6.45) is 0. The SMILES string of the molecule is Cc1nnc2sc(-c3ccccc3NC(=O)C(C)(C)Oc3ccccc3)nn12. The molecule has 2 aromatic carbocycles. The van der Waals surface area contributed by atoms with Crippen molar-refractivity contribution in [3.63, 3.8) is 0 Å². The van der Waals surface area contributed by atoms with Gasteiger partial charge in [0, 0.05) is 5.56 Å². The molecular weight excluding hydrogens is 374 g/mol. The molecular formula is C20H19N5O2S. The molecule has 0 saturated heterocycles. The minimum absolute atomic E-state index is 0.247. The molecule has 7 nitrogen and oxygen atoms in total. The first-order valence-corrected chi connectivity index (χ1v) is 9.59. The normalized spacial score (nSPS) is 11.5. The molecule has 142 valence electrons. The van der Waals surface area contributed by atoms with Crippen molar-refractivity contribution >= 4 is 27.9 Å². The average molecular weight is 393 g/mol. The van der Waals surface area contributed by atoms with E-state index < -0.39 is 5.60 Å². The van der Waals surface area contributed by atoms with E-state index in [0.717, 1.165) is 16.4 Å². The molecule has 1 N–H and O–H groups in total. The number of aromatic nitrogens is 4. The lowest BCUT2D eigenvalue weighted by Gasteiger charge is -2.25. The highest BCUT2D eigenvalue weighted by Crippen LogP contribution is 2.32. The van der Waals surface area contributed by atoms with Gasteiger partial charge in [-0.05, 0) is 45.0 Å². The molecule has 4 aromatic rings. The van der Waals surface area contributed by atoms with E-state index >= 15 is 0 Å². The Morgan fingerprint density at radius 2 is 1.79 bits per heavy atom. The van der Waals surface area contributed by atoms with Crippen molar-refractivity contribution in [1.82, 2.24) is 19.8 Å². The summed E-state index contributed by atoms with van der Waals surface area (Å²) < 4.78 is 7.58. The standard InChI is InChI=1S/C20H19N5O2S/c1-13-22-23-19-25(13)24-17(28-19)15-11-7-8-12-16(15)21-18(26)20(2,3)27-14-9-5-4-6-10-14/h4-12H,1-3H3,(H,21,26). The van der Waals surface area contributed by atoms with E-state index in [1.807, 2.05) is 61.5 Å². The number of fused-ring (bicyclic) bond motifs is 1. The quantitative estimate of drug-likeness (QED) is 0.555. The Balaban J connectivity index is 1.60. The lowest BCUT2D eigenvalue weighted by atomic mass is 10.1. The van der Waals surface area contributed by atoms with Crippen LogP contribution in [-0.2, 0) is 4.79 Å². The number of carbonyl (C=O) groups excluding carboxylic acids is 1. The lowest BCUT2D eigenvalue weighted by molar-refractivity contribution is -0.128. The van der Waals surface area contributed by atoms with Crippen molar-refractivity contribution in [2.45, 2.75) is 26.4 Å². The van der Waals surface area contributed by atoms with Crippen molar-refractivity contribution < 1.29 is 9.53 Å². The first kappa shape index (κ1) is 18.1. The van der Waals surface area contributed by atoms with Crippen LogP contribution >= 0.6 is 11.3 Å². The molecule has 0 bridgehead atoms. The van der Waals surface area contributed by atoms with Crippen molar-refractivity contribution in [2.24, 2.45) is 0 Å². The highest BCUT2D eigenvalue weighted by atomic mass is 32.1. The number of para-hydroxylation sites is 2. The van der Waals surface area contributed by atoms with Gasteiger partial charge >= 0.3 is 0 Å². The fourth-order valence-corrected chi connectivity index (χ4v) is 3.63. The van der Waals surface area contributed by atoms with Gasteiger partial charge in [-0.2, -0.15) is 9.61 Å². The summed E-state index contributed by atoms with van der Waals surface area (Å²) in [5.74, 6) is 1.11. The van der Waals surface area contributed by atoms with E-state index in [9.17, 15) is 4.79 Å². The van der Waals surface area contributed by atoms with E-state index in [4.69, 9.17) is 4.74 Å². The molecule has 0 fully saturated rings. The van der Waals surface area contributed by atoms with E-state index in [-0.39, 0.29) is 5.91 Å². The summed E-state index contributed by atoms with van der Waals surface area (Å²) in [7, 11) is 0. The van der Waals surface area contributed by atoms with Crippen LogP contribution < -0.4 is 10.1 Å².